The van der Waals surface area contributed by atoms with E-state index in [0.29, 0.717) is 0 Å². The minimum atomic E-state index is -1.45. The molecule has 0 fully saturated rings. The van der Waals surface area contributed by atoms with Crippen LogP contribution >= 0.6 is 0 Å². The molecule has 0 aliphatic carbocycles. The van der Waals surface area contributed by atoms with Gasteiger partial charge in [0, 0.05) is 5.39 Å². The van der Waals surface area contributed by atoms with E-state index < -0.39 is 6.48 Å². The fraction of sp³-hybridized carbons (Fsp3) is 0. The average Bonchev–Trinajstić information content (AvgIpc) is 3.13. The molecular formula is C21H14BNO. The Balaban J connectivity index is 1.82. The Bertz CT molecular complexity index is 1100. The normalized spacial score (nSPS) is 15.3. The highest BCUT2D eigenvalue weighted by atomic mass is 16.5. The van der Waals surface area contributed by atoms with Crippen molar-refractivity contribution in [1.29, 1.82) is 0 Å². The first-order chi connectivity index (χ1) is 11.9. The summed E-state index contributed by atoms with van der Waals surface area (Å²) in [7, 11) is 0. The molecule has 4 aromatic rings. The lowest BCUT2D eigenvalue weighted by Crippen LogP contribution is -2.78. The first-order valence-corrected chi connectivity index (χ1v) is 8.36. The highest BCUT2D eigenvalue weighted by Crippen LogP contribution is 2.35. The summed E-state index contributed by atoms with van der Waals surface area (Å²) >= 11 is 0. The predicted octanol–water partition coefficient (Wildman–Crippen LogP) is 2.60. The van der Waals surface area contributed by atoms with Gasteiger partial charge in [-0.3, -0.25) is 0 Å². The Kier molecular flexibility index (Phi) is 2.09. The van der Waals surface area contributed by atoms with Crippen LogP contribution in [-0.2, 0) is 0 Å². The number of hydrogen-bond donors (Lipinski definition) is 0. The van der Waals surface area contributed by atoms with Gasteiger partial charge in [0.05, 0.1) is 0 Å². The summed E-state index contributed by atoms with van der Waals surface area (Å²) in [6.45, 7) is -1.45. The summed E-state index contributed by atoms with van der Waals surface area (Å²) in [6.07, 6.45) is 2.16. The van der Waals surface area contributed by atoms with E-state index in [-0.39, 0.29) is 0 Å². The van der Waals surface area contributed by atoms with E-state index in [1.165, 1.54) is 33.0 Å². The third-order valence-corrected chi connectivity index (χ3v) is 5.55. The third kappa shape index (κ3) is 1.25. The molecule has 2 aliphatic heterocycles. The van der Waals surface area contributed by atoms with Crippen molar-refractivity contribution in [2.24, 2.45) is 0 Å². The first kappa shape index (κ1) is 12.4. The lowest BCUT2D eigenvalue weighted by molar-refractivity contribution is -0.515. The third-order valence-electron chi connectivity index (χ3n) is 5.55. The van der Waals surface area contributed by atoms with Crippen molar-refractivity contribution in [3.8, 4) is 16.9 Å². The molecule has 112 valence electrons. The van der Waals surface area contributed by atoms with Crippen molar-refractivity contribution in [1.82, 2.24) is 0 Å². The Hall–Kier alpha value is -3.07. The number of hydrogen-bond acceptors (Lipinski definition) is 1. The predicted molar refractivity (Wildman–Crippen MR) is 97.1 cm³/mol. The van der Waals surface area contributed by atoms with E-state index in [9.17, 15) is 0 Å². The van der Waals surface area contributed by atoms with Crippen molar-refractivity contribution in [2.75, 3.05) is 0 Å². The Labute approximate surface area is 139 Å². The summed E-state index contributed by atoms with van der Waals surface area (Å²) in [4.78, 5) is 0. The van der Waals surface area contributed by atoms with Gasteiger partial charge in [0.25, 0.3) is 0 Å². The fourth-order valence-corrected chi connectivity index (χ4v) is 4.66. The van der Waals surface area contributed by atoms with Crippen LogP contribution in [0.4, 0.5) is 0 Å². The maximum Gasteiger partial charge on any atom is 0.515 e. The zero-order valence-corrected chi connectivity index (χ0v) is 13.0. The second kappa shape index (κ2) is 4.06. The molecule has 2 aliphatic rings. The highest BCUT2D eigenvalue weighted by molar-refractivity contribution is 6.96. The van der Waals surface area contributed by atoms with Crippen LogP contribution < -0.4 is 20.1 Å². The summed E-state index contributed by atoms with van der Waals surface area (Å²) in [5, 5.41) is 1.22. The Morgan fingerprint density at radius 2 is 1.33 bits per heavy atom. The lowest BCUT2D eigenvalue weighted by Gasteiger charge is -2.28. The number of nitrogens with zero attached hydrogens (tertiary/aromatic N) is 1. The van der Waals surface area contributed by atoms with Crippen LogP contribution in [0.1, 0.15) is 0 Å². The molecule has 1 spiro atoms. The topological polar surface area (TPSA) is 13.1 Å². The molecule has 0 amide bonds. The molecule has 0 bridgehead atoms. The molecule has 3 heterocycles. The van der Waals surface area contributed by atoms with Crippen molar-refractivity contribution < 1.29 is 9.13 Å². The van der Waals surface area contributed by atoms with Crippen LogP contribution in [0.2, 0.25) is 0 Å². The van der Waals surface area contributed by atoms with Gasteiger partial charge in [0.2, 0.25) is 5.52 Å². The first-order valence-electron chi connectivity index (χ1n) is 8.36. The van der Waals surface area contributed by atoms with Crippen LogP contribution in [0.15, 0.2) is 85.1 Å². The zero-order chi connectivity index (χ0) is 15.7. The van der Waals surface area contributed by atoms with Crippen LogP contribution in [-0.4, -0.2) is 6.48 Å². The minimum absolute atomic E-state index is 0.972. The monoisotopic (exact) mass is 307 g/mol. The van der Waals surface area contributed by atoms with Gasteiger partial charge in [0.15, 0.2) is 0 Å². The smallest absolute Gasteiger partial charge is 0.515 e. The molecule has 3 aromatic carbocycles. The standard InChI is InChI=1S/C21H14BNO/c1-3-11-18-16(9-1)17-10-2-4-12-19(17)22(18)23-14-6-8-15-7-5-13-20(24-22)21(15)23/h1-14H. The number of pyridine rings is 1. The van der Waals surface area contributed by atoms with Crippen molar-refractivity contribution in [3.63, 3.8) is 0 Å². The molecule has 6 rings (SSSR count). The summed E-state index contributed by atoms with van der Waals surface area (Å²) in [5.74, 6) is 0.972. The van der Waals surface area contributed by atoms with E-state index in [0.717, 1.165) is 5.75 Å². The quantitative estimate of drug-likeness (QED) is 0.455. The minimum Gasteiger partial charge on any atom is -0.647 e. The Morgan fingerprint density at radius 1 is 0.667 bits per heavy atom. The van der Waals surface area contributed by atoms with Gasteiger partial charge in [-0.15, -0.1) is 0 Å². The lowest BCUT2D eigenvalue weighted by atomic mass is 9.44. The molecule has 0 saturated carbocycles. The maximum atomic E-state index is 6.75. The van der Waals surface area contributed by atoms with Crippen LogP contribution in [0.5, 0.6) is 5.75 Å². The number of aromatic nitrogens is 1. The van der Waals surface area contributed by atoms with Gasteiger partial charge in [-0.05, 0) is 35.4 Å². The summed E-state index contributed by atoms with van der Waals surface area (Å²) in [5.41, 5.74) is 6.29. The van der Waals surface area contributed by atoms with Gasteiger partial charge < -0.3 is 9.13 Å². The molecule has 0 atom stereocenters. The molecule has 0 unspecified atom stereocenters. The van der Waals surface area contributed by atoms with E-state index in [1.54, 1.807) is 0 Å². The van der Waals surface area contributed by atoms with E-state index >= 15 is 0 Å². The molecule has 2 nitrogen and oxygen atoms in total. The zero-order valence-electron chi connectivity index (χ0n) is 13.0. The van der Waals surface area contributed by atoms with Crippen molar-refractivity contribution >= 4 is 28.3 Å². The molecule has 3 heteroatoms. The average molecular weight is 307 g/mol. The van der Waals surface area contributed by atoms with Gasteiger partial charge in [0.1, 0.15) is 11.9 Å². The van der Waals surface area contributed by atoms with E-state index in [1.807, 2.05) is 0 Å². The summed E-state index contributed by atoms with van der Waals surface area (Å²) in [6, 6.07) is 27.9. The second-order valence-electron chi connectivity index (χ2n) is 6.65. The molecule has 0 saturated heterocycles. The molecule has 24 heavy (non-hydrogen) atoms. The summed E-state index contributed by atoms with van der Waals surface area (Å²) < 4.78 is 9.11. The maximum absolute atomic E-state index is 6.75. The van der Waals surface area contributed by atoms with E-state index in [2.05, 4.69) is 89.5 Å². The SMILES string of the molecule is c1ccc2c(c1)-c1ccccc1[B-]21Oc2cccc3ccc[n+]1c23. The number of fused-ring (bicyclic) bond motifs is 6. The van der Waals surface area contributed by atoms with Gasteiger partial charge >= 0.3 is 6.48 Å². The van der Waals surface area contributed by atoms with Gasteiger partial charge in [-0.25, -0.2) is 0 Å². The van der Waals surface area contributed by atoms with Crippen LogP contribution in [0, 0.1) is 0 Å². The van der Waals surface area contributed by atoms with E-state index in [4.69, 9.17) is 4.65 Å². The van der Waals surface area contributed by atoms with Gasteiger partial charge in [-0.1, -0.05) is 65.5 Å². The second-order valence-corrected chi connectivity index (χ2v) is 6.65. The van der Waals surface area contributed by atoms with Crippen molar-refractivity contribution in [2.45, 2.75) is 0 Å². The fourth-order valence-electron chi connectivity index (χ4n) is 4.66. The number of para-hydroxylation sites is 1. The molecule has 0 N–H and O–H groups in total. The van der Waals surface area contributed by atoms with Crippen LogP contribution in [0.3, 0.4) is 0 Å². The van der Waals surface area contributed by atoms with Gasteiger partial charge in [-0.2, -0.15) is 0 Å². The largest absolute Gasteiger partial charge is 0.647 e. The molecule has 1 aromatic heterocycles. The number of benzene rings is 3. The van der Waals surface area contributed by atoms with Crippen molar-refractivity contribution in [3.05, 3.63) is 85.1 Å². The van der Waals surface area contributed by atoms with Crippen LogP contribution in [0.25, 0.3) is 22.0 Å². The number of rotatable bonds is 0. The molecule has 0 radical (unpaired) electrons. The molecular weight excluding hydrogens is 293 g/mol. The highest BCUT2D eigenvalue weighted by Gasteiger charge is 2.55. The Morgan fingerprint density at radius 3 is 2.08 bits per heavy atom.